The van der Waals surface area contributed by atoms with Crippen LogP contribution in [0.15, 0.2) is 267 Å². The lowest BCUT2D eigenvalue weighted by Gasteiger charge is -2.39. The van der Waals surface area contributed by atoms with Gasteiger partial charge in [-0.1, -0.05) is 206 Å². The third-order valence-corrected chi connectivity index (χ3v) is 14.7. The van der Waals surface area contributed by atoms with E-state index in [-0.39, 0.29) is 0 Å². The quantitative estimate of drug-likeness (QED) is 0.159. The topological polar surface area (TPSA) is 17.4 Å². The molecule has 0 unspecified atom stereocenters. The molecule has 0 saturated heterocycles. The summed E-state index contributed by atoms with van der Waals surface area (Å²) in [5, 5.41) is 2.43. The highest BCUT2D eigenvalue weighted by Gasteiger charge is 2.51. The normalized spacial score (nSPS) is 12.8. The summed E-state index contributed by atoms with van der Waals surface area (Å²) in [4.78, 5) is 2.49. The fourth-order valence-corrected chi connectivity index (χ4v) is 11.8. The summed E-state index contributed by atoms with van der Waals surface area (Å²) >= 11 is 0. The molecule has 0 atom stereocenters. The molecule has 0 radical (unpaired) electrons. The summed E-state index contributed by atoms with van der Waals surface area (Å²) in [5.41, 5.74) is 20.4. The Morgan fingerprint density at radius 3 is 1.53 bits per heavy atom. The minimum atomic E-state index is -0.570. The van der Waals surface area contributed by atoms with Crippen molar-refractivity contribution in [3.05, 3.63) is 289 Å². The van der Waals surface area contributed by atoms with Crippen LogP contribution >= 0.6 is 0 Å². The molecule has 1 aromatic heterocycles. The van der Waals surface area contributed by atoms with E-state index in [1.54, 1.807) is 0 Å². The van der Waals surface area contributed by atoms with Crippen molar-refractivity contribution in [3.63, 3.8) is 0 Å². The number of rotatable bonds is 7. The summed E-state index contributed by atoms with van der Waals surface area (Å²) in [6.45, 7) is 0. The van der Waals surface area contributed by atoms with E-state index in [0.29, 0.717) is 0 Å². The third kappa shape index (κ3) is 5.95. The van der Waals surface area contributed by atoms with Crippen LogP contribution in [0.3, 0.4) is 0 Å². The summed E-state index contributed by atoms with van der Waals surface area (Å²) in [6, 6.07) is 97.2. The molecule has 0 saturated carbocycles. The van der Waals surface area contributed by atoms with Crippen molar-refractivity contribution in [2.24, 2.45) is 0 Å². The van der Waals surface area contributed by atoms with Gasteiger partial charge in [-0.25, -0.2) is 0 Å². The highest BCUT2D eigenvalue weighted by Crippen LogP contribution is 2.62. The van der Waals surface area contributed by atoms with Crippen molar-refractivity contribution in [2.75, 3.05) is 4.90 Å². The number of hydrogen-bond donors (Lipinski definition) is 0. The average Bonchev–Trinajstić information content (AvgIpc) is 3.92. The minimum absolute atomic E-state index is 0.570. The number of nitrogens with zero attached hydrogens (tertiary/aromatic N) is 2. The molecule has 14 rings (SSSR count). The molecule has 1 aliphatic carbocycles. The zero-order valence-electron chi connectivity index (χ0n) is 38.2. The zero-order valence-corrected chi connectivity index (χ0v) is 38.2. The van der Waals surface area contributed by atoms with Crippen LogP contribution in [0, 0.1) is 0 Å². The second kappa shape index (κ2) is 16.0. The molecule has 12 aromatic rings. The molecule has 0 fully saturated rings. The van der Waals surface area contributed by atoms with E-state index in [4.69, 9.17) is 4.74 Å². The predicted octanol–water partition coefficient (Wildman–Crippen LogP) is 17.7. The van der Waals surface area contributed by atoms with Crippen LogP contribution in [0.1, 0.15) is 22.3 Å². The smallest absolute Gasteiger partial charge is 0.132 e. The average molecular weight is 893 g/mol. The van der Waals surface area contributed by atoms with E-state index in [0.717, 1.165) is 62.0 Å². The first-order valence-corrected chi connectivity index (χ1v) is 24.1. The molecule has 3 nitrogen and oxygen atoms in total. The molecule has 2 heterocycles. The van der Waals surface area contributed by atoms with Gasteiger partial charge in [0, 0.05) is 44.5 Å². The van der Waals surface area contributed by atoms with Crippen LogP contribution in [-0.4, -0.2) is 4.57 Å². The number of para-hydroxylation sites is 5. The molecule has 2 aliphatic rings. The third-order valence-electron chi connectivity index (χ3n) is 14.7. The summed E-state index contributed by atoms with van der Waals surface area (Å²) in [6.07, 6.45) is 0. The Morgan fingerprint density at radius 2 is 0.800 bits per heavy atom. The van der Waals surface area contributed by atoms with Gasteiger partial charge in [-0.15, -0.1) is 0 Å². The van der Waals surface area contributed by atoms with Crippen LogP contribution in [0.25, 0.3) is 72.0 Å². The van der Waals surface area contributed by atoms with Crippen LogP contribution in [0.5, 0.6) is 11.5 Å². The lowest BCUT2D eigenvalue weighted by atomic mass is 9.66. The highest BCUT2D eigenvalue weighted by molar-refractivity contribution is 6.11. The standard InChI is InChI=1S/C67H44N2O/c1-3-21-45(22-4-1)49-25-7-8-26-50(49)51-27-9-10-28-52(51)54-30-12-17-35-62(54)68(48-39-41-56-55-31-13-18-36-63(55)69(64(56)44-48)46-23-5-2-6-24-46)47-40-42-59-57(43-47)53-29-11-14-32-58(53)67(59)60-33-15-19-37-65(60)70-66-38-20-16-34-61(66)67/h1-44H. The lowest BCUT2D eigenvalue weighted by Crippen LogP contribution is -2.32. The molecule has 3 heteroatoms. The van der Waals surface area contributed by atoms with Crippen molar-refractivity contribution in [1.82, 2.24) is 4.57 Å². The second-order valence-electron chi connectivity index (χ2n) is 18.3. The van der Waals surface area contributed by atoms with Gasteiger partial charge < -0.3 is 14.2 Å². The molecule has 0 bridgehead atoms. The molecular weight excluding hydrogens is 849 g/mol. The summed E-state index contributed by atoms with van der Waals surface area (Å²) < 4.78 is 9.10. The van der Waals surface area contributed by atoms with Crippen molar-refractivity contribution in [2.45, 2.75) is 5.41 Å². The number of anilines is 3. The number of ether oxygens (including phenoxy) is 1. The van der Waals surface area contributed by atoms with Gasteiger partial charge in [-0.3, -0.25) is 0 Å². The van der Waals surface area contributed by atoms with Crippen molar-refractivity contribution < 1.29 is 4.74 Å². The van der Waals surface area contributed by atoms with Crippen LogP contribution in [0.4, 0.5) is 17.1 Å². The first-order valence-electron chi connectivity index (χ1n) is 24.1. The van der Waals surface area contributed by atoms with E-state index in [9.17, 15) is 0 Å². The monoisotopic (exact) mass is 892 g/mol. The molecule has 70 heavy (non-hydrogen) atoms. The van der Waals surface area contributed by atoms with Gasteiger partial charge in [0.05, 0.1) is 22.1 Å². The maximum atomic E-state index is 6.69. The molecule has 0 amide bonds. The molecular formula is C67H44N2O. The summed E-state index contributed by atoms with van der Waals surface area (Å²) in [5.74, 6) is 1.77. The van der Waals surface area contributed by atoms with Gasteiger partial charge in [0.2, 0.25) is 0 Å². The highest BCUT2D eigenvalue weighted by atomic mass is 16.5. The number of fused-ring (bicyclic) bond motifs is 12. The Bertz CT molecular complexity index is 3950. The van der Waals surface area contributed by atoms with Gasteiger partial charge in [0.25, 0.3) is 0 Å². The molecule has 1 aliphatic heterocycles. The Balaban J connectivity index is 1.04. The van der Waals surface area contributed by atoms with E-state index < -0.39 is 5.41 Å². The van der Waals surface area contributed by atoms with Gasteiger partial charge >= 0.3 is 0 Å². The maximum Gasteiger partial charge on any atom is 0.132 e. The Hall–Kier alpha value is -9.18. The van der Waals surface area contributed by atoms with E-state index in [1.807, 2.05) is 0 Å². The van der Waals surface area contributed by atoms with Gasteiger partial charge in [0.1, 0.15) is 11.5 Å². The van der Waals surface area contributed by atoms with Crippen molar-refractivity contribution >= 4 is 38.9 Å². The van der Waals surface area contributed by atoms with Crippen LogP contribution in [-0.2, 0) is 5.41 Å². The zero-order chi connectivity index (χ0) is 46.2. The van der Waals surface area contributed by atoms with E-state index >= 15 is 0 Å². The van der Waals surface area contributed by atoms with Crippen LogP contribution < -0.4 is 9.64 Å². The van der Waals surface area contributed by atoms with E-state index in [1.165, 1.54) is 60.8 Å². The number of benzene rings is 11. The fourth-order valence-electron chi connectivity index (χ4n) is 11.8. The predicted molar refractivity (Wildman–Crippen MR) is 289 cm³/mol. The fraction of sp³-hybridized carbons (Fsp3) is 0.0149. The minimum Gasteiger partial charge on any atom is -0.457 e. The van der Waals surface area contributed by atoms with E-state index in [2.05, 4.69) is 276 Å². The molecule has 1 spiro atoms. The SMILES string of the molecule is c1ccc(-c2ccccc2-c2ccccc2-c2ccccc2N(c2ccc3c(c2)-c2ccccc2C32c3ccccc3Oc3ccccc32)c2ccc3c4ccccc4n(-c4ccccc4)c3c2)cc1. The number of aromatic nitrogens is 1. The molecule has 0 N–H and O–H groups in total. The Labute approximate surface area is 407 Å². The number of hydrogen-bond acceptors (Lipinski definition) is 2. The largest absolute Gasteiger partial charge is 0.457 e. The second-order valence-corrected chi connectivity index (χ2v) is 18.3. The van der Waals surface area contributed by atoms with Gasteiger partial charge in [0.15, 0.2) is 0 Å². The lowest BCUT2D eigenvalue weighted by molar-refractivity contribution is 0.436. The molecule has 328 valence electrons. The first-order chi connectivity index (χ1) is 34.8. The van der Waals surface area contributed by atoms with Crippen LogP contribution in [0.2, 0.25) is 0 Å². The Morgan fingerprint density at radius 1 is 0.314 bits per heavy atom. The Kier molecular flexibility index (Phi) is 9.11. The first kappa shape index (κ1) is 39.9. The molecule has 11 aromatic carbocycles. The summed E-state index contributed by atoms with van der Waals surface area (Å²) in [7, 11) is 0. The van der Waals surface area contributed by atoms with Gasteiger partial charge in [-0.05, 0) is 111 Å². The van der Waals surface area contributed by atoms with Crippen molar-refractivity contribution in [3.8, 4) is 61.7 Å². The van der Waals surface area contributed by atoms with Gasteiger partial charge in [-0.2, -0.15) is 0 Å². The van der Waals surface area contributed by atoms with Crippen molar-refractivity contribution in [1.29, 1.82) is 0 Å². The maximum absolute atomic E-state index is 6.69.